The summed E-state index contributed by atoms with van der Waals surface area (Å²) in [5, 5.41) is 7.89. The van der Waals surface area contributed by atoms with E-state index >= 15 is 0 Å². The second kappa shape index (κ2) is 9.06. The predicted octanol–water partition coefficient (Wildman–Crippen LogP) is 2.49. The molecule has 11 heteroatoms. The van der Waals surface area contributed by atoms with E-state index in [-0.39, 0.29) is 29.1 Å². The molecule has 0 N–H and O–H groups in total. The minimum Gasteiger partial charge on any atom is -0.360 e. The smallest absolute Gasteiger partial charge is 0.248 e. The number of aromatic nitrogens is 4. The number of amides is 1. The van der Waals surface area contributed by atoms with Crippen molar-refractivity contribution in [1.82, 2.24) is 29.1 Å². The van der Waals surface area contributed by atoms with Crippen molar-refractivity contribution >= 4 is 15.9 Å². The Kier molecular flexibility index (Phi) is 6.35. The lowest BCUT2D eigenvalue weighted by Crippen LogP contribution is -2.46. The molecule has 1 saturated heterocycles. The van der Waals surface area contributed by atoms with Gasteiger partial charge in [0.05, 0.1) is 17.6 Å². The molecule has 1 aliphatic heterocycles. The van der Waals surface area contributed by atoms with Gasteiger partial charge in [-0.25, -0.2) is 18.1 Å². The van der Waals surface area contributed by atoms with Crippen LogP contribution in [0.4, 0.5) is 0 Å². The van der Waals surface area contributed by atoms with Crippen molar-refractivity contribution in [2.24, 2.45) is 5.92 Å². The second-order valence-electron chi connectivity index (χ2n) is 8.41. The summed E-state index contributed by atoms with van der Waals surface area (Å²) < 4.78 is 34.5. The number of rotatable bonds is 6. The van der Waals surface area contributed by atoms with Crippen molar-refractivity contribution in [3.05, 3.63) is 53.9 Å². The van der Waals surface area contributed by atoms with Crippen LogP contribution in [-0.2, 0) is 14.8 Å². The molecule has 0 aliphatic carbocycles. The normalized spacial score (nSPS) is 18.2. The minimum absolute atomic E-state index is 0.0680. The van der Waals surface area contributed by atoms with Gasteiger partial charge < -0.3 is 9.42 Å². The Morgan fingerprint density at radius 2 is 1.97 bits per heavy atom. The summed E-state index contributed by atoms with van der Waals surface area (Å²) in [6, 6.07) is 7.60. The highest BCUT2D eigenvalue weighted by atomic mass is 32.2. The predicted molar refractivity (Wildman–Crippen MR) is 120 cm³/mol. The monoisotopic (exact) mass is 472 g/mol. The molecule has 0 radical (unpaired) electrons. The lowest BCUT2D eigenvalue weighted by molar-refractivity contribution is -0.137. The van der Waals surface area contributed by atoms with Crippen molar-refractivity contribution in [1.29, 1.82) is 0 Å². The first-order valence-electron chi connectivity index (χ1n) is 10.8. The average Bonchev–Trinajstić information content (AvgIpc) is 3.48. The first-order chi connectivity index (χ1) is 15.7. The van der Waals surface area contributed by atoms with Gasteiger partial charge in [-0.1, -0.05) is 17.3 Å². The van der Waals surface area contributed by atoms with Gasteiger partial charge in [0.2, 0.25) is 15.9 Å². The largest absolute Gasteiger partial charge is 0.360 e. The minimum atomic E-state index is -3.78. The maximum absolute atomic E-state index is 13.3. The van der Waals surface area contributed by atoms with Crippen LogP contribution in [0.2, 0.25) is 0 Å². The highest BCUT2D eigenvalue weighted by Gasteiger charge is 2.37. The molecule has 1 amide bonds. The highest BCUT2D eigenvalue weighted by Crippen LogP contribution is 2.30. The molecular formula is C22H28N6O4S. The molecule has 0 spiro atoms. The zero-order valence-corrected chi connectivity index (χ0v) is 20.0. The van der Waals surface area contributed by atoms with Crippen LogP contribution in [0.3, 0.4) is 0 Å². The molecular weight excluding hydrogens is 444 g/mol. The fraction of sp³-hybridized carbons (Fsp3) is 0.455. The van der Waals surface area contributed by atoms with E-state index in [9.17, 15) is 13.2 Å². The zero-order chi connectivity index (χ0) is 23.8. The van der Waals surface area contributed by atoms with Crippen LogP contribution in [0, 0.1) is 19.8 Å². The third-order valence-corrected chi connectivity index (χ3v) is 8.40. The van der Waals surface area contributed by atoms with Crippen LogP contribution in [0.15, 0.2) is 46.3 Å². The molecule has 2 atom stereocenters. The van der Waals surface area contributed by atoms with Gasteiger partial charge in [-0.05, 0) is 51.3 Å². The Morgan fingerprint density at radius 3 is 2.58 bits per heavy atom. The number of carbonyl (C=O) groups is 1. The van der Waals surface area contributed by atoms with E-state index in [2.05, 4.69) is 15.2 Å². The highest BCUT2D eigenvalue weighted by molar-refractivity contribution is 7.89. The van der Waals surface area contributed by atoms with Gasteiger partial charge in [-0.15, -0.1) is 0 Å². The molecule has 33 heavy (non-hydrogen) atoms. The molecule has 3 aromatic rings. The first-order valence-corrected chi connectivity index (χ1v) is 12.3. The number of sulfonamides is 1. The zero-order valence-electron chi connectivity index (χ0n) is 19.2. The van der Waals surface area contributed by atoms with Crippen molar-refractivity contribution in [2.45, 2.75) is 44.6 Å². The van der Waals surface area contributed by atoms with E-state index in [1.807, 2.05) is 31.2 Å². The molecule has 0 bridgehead atoms. The van der Waals surface area contributed by atoms with Gasteiger partial charge in [0.25, 0.3) is 0 Å². The molecule has 1 aliphatic rings. The fourth-order valence-corrected chi connectivity index (χ4v) is 6.10. The maximum Gasteiger partial charge on any atom is 0.248 e. The number of aryl methyl sites for hydroxylation is 2. The molecule has 3 heterocycles. The summed E-state index contributed by atoms with van der Waals surface area (Å²) in [6.45, 7) is 5.68. The summed E-state index contributed by atoms with van der Waals surface area (Å²) in [4.78, 5) is 19.1. The third kappa shape index (κ3) is 4.42. The molecule has 2 unspecified atom stereocenters. The van der Waals surface area contributed by atoms with E-state index in [1.54, 1.807) is 36.8 Å². The fourth-order valence-electron chi connectivity index (χ4n) is 4.28. The number of nitrogens with zero attached hydrogens (tertiary/aromatic N) is 6. The number of benzene rings is 1. The molecule has 176 valence electrons. The summed E-state index contributed by atoms with van der Waals surface area (Å²) in [5.74, 6) is -0.210. The van der Waals surface area contributed by atoms with Crippen molar-refractivity contribution in [3.63, 3.8) is 0 Å². The van der Waals surface area contributed by atoms with E-state index in [1.165, 1.54) is 10.6 Å². The third-order valence-electron chi connectivity index (χ3n) is 6.29. The van der Waals surface area contributed by atoms with E-state index in [0.717, 1.165) is 11.3 Å². The van der Waals surface area contributed by atoms with Crippen molar-refractivity contribution in [2.75, 3.05) is 20.1 Å². The van der Waals surface area contributed by atoms with Gasteiger partial charge in [0, 0.05) is 20.1 Å². The van der Waals surface area contributed by atoms with Gasteiger partial charge in [-0.3, -0.25) is 4.79 Å². The van der Waals surface area contributed by atoms with Gasteiger partial charge in [0.15, 0.2) is 5.76 Å². The number of piperidine rings is 1. The Balaban J connectivity index is 1.47. The molecule has 4 rings (SSSR count). The van der Waals surface area contributed by atoms with Crippen LogP contribution in [0.25, 0.3) is 5.69 Å². The first kappa shape index (κ1) is 23.1. The number of hydrogen-bond acceptors (Lipinski definition) is 7. The van der Waals surface area contributed by atoms with Gasteiger partial charge in [0.1, 0.15) is 23.2 Å². The second-order valence-corrected chi connectivity index (χ2v) is 10.3. The molecule has 1 fully saturated rings. The lowest BCUT2D eigenvalue weighted by Gasteiger charge is -2.35. The van der Waals surface area contributed by atoms with Crippen molar-refractivity contribution < 1.29 is 17.7 Å². The topological polar surface area (TPSA) is 114 Å². The Bertz CT molecular complexity index is 1200. The van der Waals surface area contributed by atoms with E-state index in [4.69, 9.17) is 4.52 Å². The summed E-state index contributed by atoms with van der Waals surface area (Å²) in [5.41, 5.74) is 2.19. The summed E-state index contributed by atoms with van der Waals surface area (Å²) in [7, 11) is -2.01. The van der Waals surface area contributed by atoms with Crippen LogP contribution >= 0.6 is 0 Å². The standard InChI is InChI=1S/C22H28N6O4S/c1-15-21(17(3)32-25-15)33(30,31)27-11-5-6-19(12-27)22(29)26(4)16(2)18-7-9-20(10-8-18)28-14-23-13-24-28/h7-10,13-14,16,19H,5-6,11-12H2,1-4H3. The average molecular weight is 473 g/mol. The van der Waals surface area contributed by atoms with Gasteiger partial charge >= 0.3 is 0 Å². The summed E-state index contributed by atoms with van der Waals surface area (Å²) in [6.07, 6.45) is 4.37. The SMILES string of the molecule is Cc1noc(C)c1S(=O)(=O)N1CCCC(C(=O)N(C)C(C)c2ccc(-n3cncn3)cc2)C1. The number of carbonyl (C=O) groups excluding carboxylic acids is 1. The van der Waals surface area contributed by atoms with Gasteiger partial charge in [-0.2, -0.15) is 9.40 Å². The lowest BCUT2D eigenvalue weighted by atomic mass is 9.96. The quantitative estimate of drug-likeness (QED) is 0.541. The number of hydrogen-bond donors (Lipinski definition) is 0. The van der Waals surface area contributed by atoms with Crippen LogP contribution in [0.5, 0.6) is 0 Å². The molecule has 10 nitrogen and oxygen atoms in total. The van der Waals surface area contributed by atoms with Crippen LogP contribution < -0.4 is 0 Å². The van der Waals surface area contributed by atoms with E-state index in [0.29, 0.717) is 25.1 Å². The Hall–Kier alpha value is -3.05. The molecule has 0 saturated carbocycles. The summed E-state index contributed by atoms with van der Waals surface area (Å²) >= 11 is 0. The Morgan fingerprint density at radius 1 is 1.24 bits per heavy atom. The van der Waals surface area contributed by atoms with Crippen LogP contribution in [-0.4, -0.2) is 63.6 Å². The Labute approximate surface area is 193 Å². The molecule has 2 aromatic heterocycles. The van der Waals surface area contributed by atoms with E-state index < -0.39 is 15.9 Å². The van der Waals surface area contributed by atoms with Crippen LogP contribution in [0.1, 0.15) is 42.8 Å². The maximum atomic E-state index is 13.3. The van der Waals surface area contributed by atoms with Crippen molar-refractivity contribution in [3.8, 4) is 5.69 Å². The molecule has 1 aromatic carbocycles.